The van der Waals surface area contributed by atoms with Crippen LogP contribution in [0.5, 0.6) is 0 Å². The molecule has 0 spiro atoms. The first-order valence-electron chi connectivity index (χ1n) is 10.6. The van der Waals surface area contributed by atoms with Gasteiger partial charge in [-0.2, -0.15) is 9.98 Å². The van der Waals surface area contributed by atoms with Crippen LogP contribution in [0.25, 0.3) is 0 Å². The lowest BCUT2D eigenvalue weighted by Crippen LogP contribution is -2.54. The molecule has 0 amide bonds. The zero-order chi connectivity index (χ0) is 24.0. The smallest absolute Gasteiger partial charge is 0.220 e. The van der Waals surface area contributed by atoms with E-state index in [-0.39, 0.29) is 36.7 Å². The van der Waals surface area contributed by atoms with Crippen LogP contribution < -0.4 is 32.7 Å². The standard InChI is InChI=1S/C23H30N10.2ClH/c1-22(2)30-18(24)28-20(26)32(22)16-9-5-14(6-10-16)13-15-7-11-17(12-8-15)33-21(27)29-19(25)31-23(33,3)4;;/h5-12H,13H2,1-4H3,(H4,24,26,28,30)(H4,25,27,29,31);2*1H. The molecule has 0 saturated carbocycles. The highest BCUT2D eigenvalue weighted by Crippen LogP contribution is 2.29. The minimum absolute atomic E-state index is 0. The highest BCUT2D eigenvalue weighted by Gasteiger charge is 2.34. The van der Waals surface area contributed by atoms with Gasteiger partial charge in [-0.3, -0.25) is 9.80 Å². The molecule has 0 bridgehead atoms. The van der Waals surface area contributed by atoms with Crippen molar-refractivity contribution >= 4 is 60.0 Å². The van der Waals surface area contributed by atoms with Crippen molar-refractivity contribution in [2.75, 3.05) is 9.80 Å². The van der Waals surface area contributed by atoms with Crippen LogP contribution in [-0.2, 0) is 6.42 Å². The van der Waals surface area contributed by atoms with Crippen LogP contribution in [0, 0.1) is 0 Å². The Morgan fingerprint density at radius 1 is 0.600 bits per heavy atom. The van der Waals surface area contributed by atoms with Crippen molar-refractivity contribution < 1.29 is 0 Å². The summed E-state index contributed by atoms with van der Waals surface area (Å²) in [5.74, 6) is 1.02. The van der Waals surface area contributed by atoms with E-state index in [2.05, 4.69) is 44.2 Å². The third kappa shape index (κ3) is 5.60. The minimum atomic E-state index is -0.616. The third-order valence-electron chi connectivity index (χ3n) is 5.58. The number of rotatable bonds is 4. The summed E-state index contributed by atoms with van der Waals surface area (Å²) in [7, 11) is 0. The average Bonchev–Trinajstić information content (AvgIpc) is 2.67. The molecule has 0 aromatic heterocycles. The van der Waals surface area contributed by atoms with Crippen LogP contribution in [0.15, 0.2) is 68.5 Å². The van der Waals surface area contributed by atoms with Gasteiger partial charge >= 0.3 is 0 Å². The molecule has 2 aliphatic rings. The summed E-state index contributed by atoms with van der Waals surface area (Å²) in [5.41, 5.74) is 26.7. The molecule has 2 aliphatic heterocycles. The van der Waals surface area contributed by atoms with Crippen LogP contribution in [-0.4, -0.2) is 35.2 Å². The number of guanidine groups is 4. The Morgan fingerprint density at radius 2 is 0.914 bits per heavy atom. The predicted molar refractivity (Wildman–Crippen MR) is 150 cm³/mol. The van der Waals surface area contributed by atoms with Gasteiger partial charge in [-0.1, -0.05) is 24.3 Å². The molecule has 35 heavy (non-hydrogen) atoms. The van der Waals surface area contributed by atoms with Crippen molar-refractivity contribution in [2.24, 2.45) is 42.9 Å². The Bertz CT molecular complexity index is 1090. The number of nitrogens with two attached hydrogens (primary N) is 4. The van der Waals surface area contributed by atoms with E-state index in [1.165, 1.54) is 0 Å². The van der Waals surface area contributed by atoms with Gasteiger partial charge in [0.2, 0.25) is 23.8 Å². The Kier molecular flexibility index (Phi) is 7.93. The van der Waals surface area contributed by atoms with Gasteiger partial charge in [0.25, 0.3) is 0 Å². The van der Waals surface area contributed by atoms with E-state index in [0.29, 0.717) is 11.9 Å². The molecule has 0 atom stereocenters. The monoisotopic (exact) mass is 518 g/mol. The van der Waals surface area contributed by atoms with Crippen molar-refractivity contribution in [3.63, 3.8) is 0 Å². The number of hydrogen-bond acceptors (Lipinski definition) is 10. The summed E-state index contributed by atoms with van der Waals surface area (Å²) in [4.78, 5) is 20.7. The predicted octanol–water partition coefficient (Wildman–Crippen LogP) is 2.49. The Labute approximate surface area is 217 Å². The fourth-order valence-corrected chi connectivity index (χ4v) is 4.26. The molecule has 8 N–H and O–H groups in total. The summed E-state index contributed by atoms with van der Waals surface area (Å²) >= 11 is 0. The normalized spacial score (nSPS) is 18.3. The van der Waals surface area contributed by atoms with Crippen LogP contribution in [0.1, 0.15) is 38.8 Å². The van der Waals surface area contributed by atoms with Crippen LogP contribution in [0.3, 0.4) is 0 Å². The van der Waals surface area contributed by atoms with E-state index >= 15 is 0 Å². The van der Waals surface area contributed by atoms with E-state index in [4.69, 9.17) is 22.9 Å². The fraction of sp³-hybridized carbons (Fsp3) is 0.304. The first-order chi connectivity index (χ1) is 15.5. The molecule has 2 aromatic rings. The first kappa shape index (κ1) is 27.7. The lowest BCUT2D eigenvalue weighted by atomic mass is 10.0. The molecule has 0 aliphatic carbocycles. The number of halogens is 2. The van der Waals surface area contributed by atoms with Crippen LogP contribution >= 0.6 is 24.8 Å². The number of anilines is 2. The van der Waals surface area contributed by atoms with Crippen molar-refractivity contribution in [1.29, 1.82) is 0 Å². The Hall–Kier alpha value is -3.50. The van der Waals surface area contributed by atoms with Gasteiger partial charge in [-0.25, -0.2) is 9.98 Å². The van der Waals surface area contributed by atoms with Crippen molar-refractivity contribution in [2.45, 2.75) is 45.4 Å². The van der Waals surface area contributed by atoms with Crippen LogP contribution in [0.4, 0.5) is 11.4 Å². The van der Waals surface area contributed by atoms with E-state index in [1.807, 2.05) is 61.8 Å². The highest BCUT2D eigenvalue weighted by atomic mass is 35.5. The van der Waals surface area contributed by atoms with E-state index in [9.17, 15) is 0 Å². The number of aliphatic imine (C=N–C) groups is 4. The van der Waals surface area contributed by atoms with Crippen molar-refractivity contribution in [3.8, 4) is 0 Å². The second-order valence-corrected chi connectivity index (χ2v) is 9.05. The van der Waals surface area contributed by atoms with E-state index in [1.54, 1.807) is 0 Å². The SMILES string of the molecule is CC1(C)N=C(N)N=C(N)N1c1ccc(Cc2ccc(N3C(N)=NC(N)=NC3(C)C)cc2)cc1.Cl.Cl. The summed E-state index contributed by atoms with van der Waals surface area (Å²) in [6.07, 6.45) is 0.774. The summed E-state index contributed by atoms with van der Waals surface area (Å²) < 4.78 is 0. The summed E-state index contributed by atoms with van der Waals surface area (Å²) in [5, 5.41) is 0. The summed E-state index contributed by atoms with van der Waals surface area (Å²) in [6.45, 7) is 7.77. The van der Waals surface area contributed by atoms with E-state index in [0.717, 1.165) is 28.9 Å². The van der Waals surface area contributed by atoms with Gasteiger partial charge < -0.3 is 22.9 Å². The topological polar surface area (TPSA) is 160 Å². The lowest BCUT2D eigenvalue weighted by molar-refractivity contribution is 0.533. The molecule has 2 heterocycles. The quantitative estimate of drug-likeness (QED) is 0.486. The highest BCUT2D eigenvalue weighted by molar-refractivity contribution is 6.06. The number of nitrogens with zero attached hydrogens (tertiary/aromatic N) is 6. The molecule has 12 heteroatoms. The average molecular weight is 519 g/mol. The zero-order valence-corrected chi connectivity index (χ0v) is 21.8. The van der Waals surface area contributed by atoms with Gasteiger partial charge in [0, 0.05) is 11.4 Å². The maximum absolute atomic E-state index is 6.13. The molecular weight excluding hydrogens is 487 g/mol. The molecule has 0 unspecified atom stereocenters. The van der Waals surface area contributed by atoms with Crippen molar-refractivity contribution in [1.82, 2.24) is 0 Å². The minimum Gasteiger partial charge on any atom is -0.369 e. The number of hydrogen-bond donors (Lipinski definition) is 4. The maximum Gasteiger partial charge on any atom is 0.220 e. The molecule has 0 saturated heterocycles. The summed E-state index contributed by atoms with van der Waals surface area (Å²) in [6, 6.07) is 16.4. The largest absolute Gasteiger partial charge is 0.369 e. The Morgan fingerprint density at radius 3 is 1.20 bits per heavy atom. The Balaban J connectivity index is 0.00000216. The second kappa shape index (κ2) is 10.0. The van der Waals surface area contributed by atoms with Gasteiger partial charge in [0.05, 0.1) is 0 Å². The third-order valence-corrected chi connectivity index (χ3v) is 5.58. The first-order valence-corrected chi connectivity index (χ1v) is 10.6. The van der Waals surface area contributed by atoms with E-state index < -0.39 is 11.3 Å². The van der Waals surface area contributed by atoms with Gasteiger partial charge in [-0.15, -0.1) is 24.8 Å². The fourth-order valence-electron chi connectivity index (χ4n) is 4.26. The second-order valence-electron chi connectivity index (χ2n) is 9.05. The number of benzene rings is 2. The van der Waals surface area contributed by atoms with Gasteiger partial charge in [-0.05, 0) is 69.5 Å². The van der Waals surface area contributed by atoms with Crippen molar-refractivity contribution in [3.05, 3.63) is 59.7 Å². The molecule has 188 valence electrons. The zero-order valence-electron chi connectivity index (χ0n) is 20.1. The van der Waals surface area contributed by atoms with Gasteiger partial charge in [0.1, 0.15) is 11.3 Å². The molecule has 0 fully saturated rings. The maximum atomic E-state index is 6.13. The molecule has 4 rings (SSSR count). The molecular formula is C23H32Cl2N10. The van der Waals surface area contributed by atoms with Crippen LogP contribution in [0.2, 0.25) is 0 Å². The lowest BCUT2D eigenvalue weighted by Gasteiger charge is -2.38. The van der Waals surface area contributed by atoms with Gasteiger partial charge in [0.15, 0.2) is 0 Å². The molecule has 10 nitrogen and oxygen atoms in total. The molecule has 2 aromatic carbocycles. The molecule has 0 radical (unpaired) electrons.